The summed E-state index contributed by atoms with van der Waals surface area (Å²) in [4.78, 5) is 11.4. The normalized spacial score (nSPS) is 10.0. The Labute approximate surface area is 78.5 Å². The highest BCUT2D eigenvalue weighted by Crippen LogP contribution is 2.03. The van der Waals surface area contributed by atoms with Crippen LogP contribution in [0.1, 0.15) is 22.8 Å². The highest BCUT2D eigenvalue weighted by Gasteiger charge is 2.03. The van der Waals surface area contributed by atoms with E-state index < -0.39 is 0 Å². The minimum Gasteiger partial charge on any atom is -0.374 e. The zero-order valence-corrected chi connectivity index (χ0v) is 8.04. The first kappa shape index (κ1) is 9.93. The Bertz CT molecular complexity index is 275. The van der Waals surface area contributed by atoms with Gasteiger partial charge in [0, 0.05) is 12.2 Å². The maximum absolute atomic E-state index is 11.4. The van der Waals surface area contributed by atoms with E-state index in [4.69, 9.17) is 4.74 Å². The first-order valence-corrected chi connectivity index (χ1v) is 4.41. The number of benzene rings is 1. The minimum absolute atomic E-state index is 0.0434. The van der Waals surface area contributed by atoms with Gasteiger partial charge in [0.05, 0.1) is 0 Å². The summed E-state index contributed by atoms with van der Waals surface area (Å²) in [6.45, 7) is 4.64. The molecule has 0 radical (unpaired) electrons. The van der Waals surface area contributed by atoms with Gasteiger partial charge in [0.1, 0.15) is 6.61 Å². The molecule has 0 aromatic heterocycles. The van der Waals surface area contributed by atoms with E-state index in [2.05, 4.69) is 0 Å². The van der Waals surface area contributed by atoms with E-state index in [-0.39, 0.29) is 12.4 Å². The number of hydrogen-bond acceptors (Lipinski definition) is 2. The Morgan fingerprint density at radius 2 is 1.92 bits per heavy atom. The van der Waals surface area contributed by atoms with Gasteiger partial charge in [-0.3, -0.25) is 4.79 Å². The predicted molar refractivity (Wildman–Crippen MR) is 52.0 cm³/mol. The van der Waals surface area contributed by atoms with Gasteiger partial charge in [-0.1, -0.05) is 29.8 Å². The SMILES string of the molecule is CCOCC(=O)c1ccc(C)cc1. The van der Waals surface area contributed by atoms with E-state index >= 15 is 0 Å². The van der Waals surface area contributed by atoms with Gasteiger partial charge < -0.3 is 4.74 Å². The summed E-state index contributed by atoms with van der Waals surface area (Å²) in [6, 6.07) is 7.52. The van der Waals surface area contributed by atoms with E-state index in [1.807, 2.05) is 38.1 Å². The maximum Gasteiger partial charge on any atom is 0.188 e. The first-order chi connectivity index (χ1) is 6.24. The highest BCUT2D eigenvalue weighted by molar-refractivity contribution is 5.97. The van der Waals surface area contributed by atoms with Crippen molar-refractivity contribution in [3.8, 4) is 0 Å². The molecule has 70 valence electrons. The topological polar surface area (TPSA) is 26.3 Å². The number of ether oxygens (including phenoxy) is 1. The average molecular weight is 178 g/mol. The third-order valence-electron chi connectivity index (χ3n) is 1.81. The van der Waals surface area contributed by atoms with Crippen molar-refractivity contribution in [1.82, 2.24) is 0 Å². The van der Waals surface area contributed by atoms with Crippen molar-refractivity contribution >= 4 is 5.78 Å². The van der Waals surface area contributed by atoms with Crippen molar-refractivity contribution in [1.29, 1.82) is 0 Å². The van der Waals surface area contributed by atoms with Crippen molar-refractivity contribution in [2.45, 2.75) is 13.8 Å². The molecule has 0 amide bonds. The van der Waals surface area contributed by atoms with Crippen molar-refractivity contribution in [2.75, 3.05) is 13.2 Å². The molecule has 0 spiro atoms. The van der Waals surface area contributed by atoms with Crippen LogP contribution in [-0.2, 0) is 4.74 Å². The van der Waals surface area contributed by atoms with Crippen LogP contribution in [0.2, 0.25) is 0 Å². The summed E-state index contributed by atoms with van der Waals surface area (Å²) in [6.07, 6.45) is 0. The molecule has 0 aliphatic heterocycles. The molecular formula is C11H14O2. The average Bonchev–Trinajstić information content (AvgIpc) is 2.15. The van der Waals surface area contributed by atoms with E-state index in [1.54, 1.807) is 0 Å². The Morgan fingerprint density at radius 1 is 1.31 bits per heavy atom. The highest BCUT2D eigenvalue weighted by atomic mass is 16.5. The molecule has 0 bridgehead atoms. The molecule has 1 aromatic carbocycles. The Hall–Kier alpha value is -1.15. The van der Waals surface area contributed by atoms with Crippen molar-refractivity contribution < 1.29 is 9.53 Å². The minimum atomic E-state index is 0.0434. The lowest BCUT2D eigenvalue weighted by Crippen LogP contribution is -2.08. The zero-order chi connectivity index (χ0) is 9.68. The second kappa shape index (κ2) is 4.77. The number of hydrogen-bond donors (Lipinski definition) is 0. The van der Waals surface area contributed by atoms with Gasteiger partial charge in [-0.25, -0.2) is 0 Å². The quantitative estimate of drug-likeness (QED) is 0.661. The number of carbonyl (C=O) groups excluding carboxylic acids is 1. The predicted octanol–water partition coefficient (Wildman–Crippen LogP) is 2.21. The smallest absolute Gasteiger partial charge is 0.188 e. The molecule has 0 atom stereocenters. The second-order valence-electron chi connectivity index (χ2n) is 2.93. The van der Waals surface area contributed by atoms with Crippen molar-refractivity contribution in [2.24, 2.45) is 0 Å². The Balaban J connectivity index is 2.61. The molecule has 13 heavy (non-hydrogen) atoms. The van der Waals surface area contributed by atoms with Crippen LogP contribution in [-0.4, -0.2) is 19.0 Å². The van der Waals surface area contributed by atoms with Gasteiger partial charge in [-0.15, -0.1) is 0 Å². The standard InChI is InChI=1S/C11H14O2/c1-3-13-8-11(12)10-6-4-9(2)5-7-10/h4-7H,3,8H2,1-2H3. The summed E-state index contributed by atoms with van der Waals surface area (Å²) in [7, 11) is 0. The molecule has 0 fully saturated rings. The van der Waals surface area contributed by atoms with Crippen molar-refractivity contribution in [3.63, 3.8) is 0 Å². The lowest BCUT2D eigenvalue weighted by atomic mass is 10.1. The van der Waals surface area contributed by atoms with Crippen molar-refractivity contribution in [3.05, 3.63) is 35.4 Å². The largest absolute Gasteiger partial charge is 0.374 e. The van der Waals surface area contributed by atoms with Crippen LogP contribution in [0.15, 0.2) is 24.3 Å². The molecular weight excluding hydrogens is 164 g/mol. The van der Waals surface area contributed by atoms with E-state index in [1.165, 1.54) is 0 Å². The van der Waals surface area contributed by atoms with E-state index in [9.17, 15) is 4.79 Å². The monoisotopic (exact) mass is 178 g/mol. The number of Topliss-reactive ketones (excluding diaryl/α,β-unsaturated/α-hetero) is 1. The van der Waals surface area contributed by atoms with Crippen LogP contribution < -0.4 is 0 Å². The molecule has 2 heteroatoms. The van der Waals surface area contributed by atoms with Gasteiger partial charge in [0.2, 0.25) is 0 Å². The van der Waals surface area contributed by atoms with E-state index in [0.717, 1.165) is 11.1 Å². The van der Waals surface area contributed by atoms with Crippen LogP contribution in [0.25, 0.3) is 0 Å². The molecule has 2 nitrogen and oxygen atoms in total. The summed E-state index contributed by atoms with van der Waals surface area (Å²) in [5.41, 5.74) is 1.88. The Morgan fingerprint density at radius 3 is 2.46 bits per heavy atom. The van der Waals surface area contributed by atoms with Crippen LogP contribution >= 0.6 is 0 Å². The summed E-state index contributed by atoms with van der Waals surface area (Å²) in [5.74, 6) is 0.0434. The third-order valence-corrected chi connectivity index (χ3v) is 1.81. The van der Waals surface area contributed by atoms with E-state index in [0.29, 0.717) is 6.61 Å². The molecule has 0 N–H and O–H groups in total. The lowest BCUT2D eigenvalue weighted by molar-refractivity contribution is 0.0783. The summed E-state index contributed by atoms with van der Waals surface area (Å²) in [5, 5.41) is 0. The fourth-order valence-corrected chi connectivity index (χ4v) is 1.02. The van der Waals surface area contributed by atoms with Crippen LogP contribution in [0.3, 0.4) is 0 Å². The maximum atomic E-state index is 11.4. The first-order valence-electron chi connectivity index (χ1n) is 4.41. The number of ketones is 1. The summed E-state index contributed by atoms with van der Waals surface area (Å²) < 4.78 is 5.03. The van der Waals surface area contributed by atoms with Crippen LogP contribution in [0, 0.1) is 6.92 Å². The van der Waals surface area contributed by atoms with Crippen LogP contribution in [0.5, 0.6) is 0 Å². The fourth-order valence-electron chi connectivity index (χ4n) is 1.02. The number of rotatable bonds is 4. The fraction of sp³-hybridized carbons (Fsp3) is 0.364. The van der Waals surface area contributed by atoms with Gasteiger partial charge in [0.25, 0.3) is 0 Å². The molecule has 1 aromatic rings. The van der Waals surface area contributed by atoms with Gasteiger partial charge in [-0.2, -0.15) is 0 Å². The van der Waals surface area contributed by atoms with Gasteiger partial charge in [-0.05, 0) is 13.8 Å². The molecule has 0 unspecified atom stereocenters. The van der Waals surface area contributed by atoms with Gasteiger partial charge in [0.15, 0.2) is 5.78 Å². The number of carbonyl (C=O) groups is 1. The molecule has 0 heterocycles. The molecule has 0 saturated heterocycles. The zero-order valence-electron chi connectivity index (χ0n) is 8.04. The molecule has 0 aliphatic carbocycles. The molecule has 1 rings (SSSR count). The summed E-state index contributed by atoms with van der Waals surface area (Å²) >= 11 is 0. The van der Waals surface area contributed by atoms with Gasteiger partial charge >= 0.3 is 0 Å². The third kappa shape index (κ3) is 2.99. The lowest BCUT2D eigenvalue weighted by Gasteiger charge is -2.01. The molecule has 0 saturated carbocycles. The number of aryl methyl sites for hydroxylation is 1. The second-order valence-corrected chi connectivity index (χ2v) is 2.93. The Kier molecular flexibility index (Phi) is 3.65. The van der Waals surface area contributed by atoms with Crippen LogP contribution in [0.4, 0.5) is 0 Å². The molecule has 0 aliphatic rings.